The van der Waals surface area contributed by atoms with Crippen molar-refractivity contribution >= 4 is 22.0 Å². The van der Waals surface area contributed by atoms with Gasteiger partial charge in [-0.25, -0.2) is 23.2 Å². The zero-order valence-corrected chi connectivity index (χ0v) is 12.8. The number of halogens is 2. The normalized spacial score (nSPS) is 11.5. The Bertz CT molecular complexity index is 751. The molecule has 0 fully saturated rings. The van der Waals surface area contributed by atoms with Gasteiger partial charge in [-0.15, -0.1) is 0 Å². The van der Waals surface area contributed by atoms with Crippen LogP contribution in [-0.4, -0.2) is 32.1 Å². The molecule has 1 amide bonds. The molecule has 0 unspecified atom stereocenters. The minimum absolute atomic E-state index is 0.0885. The second kappa shape index (κ2) is 7.03. The summed E-state index contributed by atoms with van der Waals surface area (Å²) in [6, 6.07) is 7.02. The van der Waals surface area contributed by atoms with Gasteiger partial charge in [0.1, 0.15) is 6.33 Å². The lowest BCUT2D eigenvalue weighted by Gasteiger charge is -2.05. The molecule has 0 atom stereocenters. The van der Waals surface area contributed by atoms with Gasteiger partial charge in [0.2, 0.25) is 0 Å². The molecule has 2 N–H and O–H groups in total. The number of nitrogens with one attached hydrogen (secondary N) is 1. The van der Waals surface area contributed by atoms with E-state index in [1.165, 1.54) is 10.9 Å². The van der Waals surface area contributed by atoms with Crippen LogP contribution < -0.4 is 11.0 Å². The molecule has 0 spiro atoms. The van der Waals surface area contributed by atoms with Crippen LogP contribution in [0.4, 0.5) is 9.18 Å². The van der Waals surface area contributed by atoms with Gasteiger partial charge < -0.3 is 10.4 Å². The fraction of sp³-hybridized carbons (Fsp3) is 0.154. The van der Waals surface area contributed by atoms with E-state index >= 15 is 0 Å². The first-order chi connectivity index (χ1) is 10.5. The molecule has 1 aromatic heterocycles. The molecule has 7 nitrogen and oxygen atoms in total. The number of carbonyl (C=O) groups is 1. The highest BCUT2D eigenvalue weighted by Crippen LogP contribution is 2.12. The van der Waals surface area contributed by atoms with Gasteiger partial charge in [0.05, 0.1) is 18.6 Å². The second-order valence-electron chi connectivity index (χ2n) is 4.34. The Morgan fingerprint density at radius 3 is 2.68 bits per heavy atom. The monoisotopic (exact) mass is 370 g/mol. The third-order valence-corrected chi connectivity index (χ3v) is 3.34. The molecule has 2 rings (SSSR count). The summed E-state index contributed by atoms with van der Waals surface area (Å²) in [7, 11) is 0. The fourth-order valence-electron chi connectivity index (χ4n) is 1.73. The Labute approximate surface area is 132 Å². The number of rotatable bonds is 5. The lowest BCUT2D eigenvalue weighted by molar-refractivity contribution is 0.195. The van der Waals surface area contributed by atoms with Crippen molar-refractivity contribution in [3.8, 4) is 5.69 Å². The van der Waals surface area contributed by atoms with Crippen LogP contribution in [0.1, 0.15) is 0 Å². The maximum atomic E-state index is 12.7. The molecule has 0 aliphatic rings. The van der Waals surface area contributed by atoms with E-state index in [0.29, 0.717) is 5.69 Å². The maximum absolute atomic E-state index is 12.7. The molecule has 0 radical (unpaired) electrons. The third kappa shape index (κ3) is 3.82. The van der Waals surface area contributed by atoms with Gasteiger partial charge in [0.25, 0.3) is 0 Å². The van der Waals surface area contributed by atoms with Crippen molar-refractivity contribution in [2.24, 2.45) is 0 Å². The van der Waals surface area contributed by atoms with Gasteiger partial charge in [0.15, 0.2) is 0 Å². The standard InChI is InChI=1S/C13H12BrFN4O3/c14-10-1-3-11(4-2-10)18-8-17-19(13(18)22)7-9(5-15)6-16-12(20)21/h1-5,8,16H,6-7H2,(H,20,21). The predicted molar refractivity (Wildman–Crippen MR) is 80.7 cm³/mol. The van der Waals surface area contributed by atoms with Crippen molar-refractivity contribution in [3.05, 3.63) is 57.5 Å². The summed E-state index contributed by atoms with van der Waals surface area (Å²) >= 11 is 3.30. The van der Waals surface area contributed by atoms with Crippen molar-refractivity contribution in [1.82, 2.24) is 19.7 Å². The molecule has 0 saturated heterocycles. The van der Waals surface area contributed by atoms with Crippen molar-refractivity contribution in [2.45, 2.75) is 6.54 Å². The van der Waals surface area contributed by atoms with Crippen LogP contribution in [0.15, 0.2) is 51.8 Å². The molecule has 0 saturated carbocycles. The Hall–Kier alpha value is -2.42. The van der Waals surface area contributed by atoms with E-state index in [0.717, 1.165) is 9.15 Å². The van der Waals surface area contributed by atoms with E-state index in [-0.39, 0.29) is 25.0 Å². The van der Waals surface area contributed by atoms with E-state index in [9.17, 15) is 14.0 Å². The third-order valence-electron chi connectivity index (χ3n) is 2.81. The zero-order chi connectivity index (χ0) is 16.1. The number of carboxylic acid groups (broad SMARTS) is 1. The molecule has 1 heterocycles. The molecular weight excluding hydrogens is 359 g/mol. The molecule has 2 aromatic rings. The van der Waals surface area contributed by atoms with Gasteiger partial charge in [-0.1, -0.05) is 15.9 Å². The Kier molecular flexibility index (Phi) is 5.10. The molecule has 1 aromatic carbocycles. The van der Waals surface area contributed by atoms with Crippen LogP contribution >= 0.6 is 15.9 Å². The first kappa shape index (κ1) is 16.0. The molecule has 22 heavy (non-hydrogen) atoms. The SMILES string of the molecule is O=C(O)NCC(=CF)Cn1ncn(-c2ccc(Br)cc2)c1=O. The van der Waals surface area contributed by atoms with Gasteiger partial charge in [0, 0.05) is 11.0 Å². The van der Waals surface area contributed by atoms with E-state index < -0.39 is 11.8 Å². The summed E-state index contributed by atoms with van der Waals surface area (Å²) in [5.41, 5.74) is 0.261. The Morgan fingerprint density at radius 2 is 2.09 bits per heavy atom. The highest BCUT2D eigenvalue weighted by Gasteiger charge is 2.09. The first-order valence-electron chi connectivity index (χ1n) is 6.16. The Balaban J connectivity index is 2.19. The minimum atomic E-state index is -1.27. The van der Waals surface area contributed by atoms with Crippen molar-refractivity contribution in [3.63, 3.8) is 0 Å². The van der Waals surface area contributed by atoms with Gasteiger partial charge >= 0.3 is 11.8 Å². The van der Waals surface area contributed by atoms with E-state index in [1.54, 1.807) is 24.3 Å². The summed E-state index contributed by atoms with van der Waals surface area (Å²) in [5.74, 6) is 0. The molecule has 0 aliphatic carbocycles. The van der Waals surface area contributed by atoms with Gasteiger partial charge in [-0.05, 0) is 29.8 Å². The van der Waals surface area contributed by atoms with Crippen LogP contribution in [0.2, 0.25) is 0 Å². The highest BCUT2D eigenvalue weighted by atomic mass is 79.9. The number of nitrogens with zero attached hydrogens (tertiary/aromatic N) is 3. The maximum Gasteiger partial charge on any atom is 0.404 e. The number of hydrogen-bond acceptors (Lipinski definition) is 3. The first-order valence-corrected chi connectivity index (χ1v) is 6.96. The largest absolute Gasteiger partial charge is 0.465 e. The average Bonchev–Trinajstić information content (AvgIpc) is 2.85. The summed E-state index contributed by atoms with van der Waals surface area (Å²) in [5, 5.41) is 14.4. The van der Waals surface area contributed by atoms with Crippen LogP contribution in [0.5, 0.6) is 0 Å². The molecule has 0 aliphatic heterocycles. The smallest absolute Gasteiger partial charge is 0.404 e. The van der Waals surface area contributed by atoms with E-state index in [1.807, 2.05) is 5.32 Å². The number of benzene rings is 1. The number of hydrogen-bond donors (Lipinski definition) is 2. The van der Waals surface area contributed by atoms with Crippen LogP contribution in [0.3, 0.4) is 0 Å². The fourth-order valence-corrected chi connectivity index (χ4v) is 2.00. The summed E-state index contributed by atoms with van der Waals surface area (Å²) in [6.45, 7) is -0.359. The van der Waals surface area contributed by atoms with Crippen LogP contribution in [0.25, 0.3) is 5.69 Å². The predicted octanol–water partition coefficient (Wildman–Crippen LogP) is 1.92. The minimum Gasteiger partial charge on any atom is -0.465 e. The van der Waals surface area contributed by atoms with Crippen molar-refractivity contribution < 1.29 is 14.3 Å². The second-order valence-corrected chi connectivity index (χ2v) is 5.26. The van der Waals surface area contributed by atoms with E-state index in [2.05, 4.69) is 21.0 Å². The summed E-state index contributed by atoms with van der Waals surface area (Å²) < 4.78 is 16.0. The van der Waals surface area contributed by atoms with Gasteiger partial charge in [-0.3, -0.25) is 0 Å². The lowest BCUT2D eigenvalue weighted by atomic mass is 10.3. The highest BCUT2D eigenvalue weighted by molar-refractivity contribution is 9.10. The van der Waals surface area contributed by atoms with E-state index in [4.69, 9.17) is 5.11 Å². The molecule has 116 valence electrons. The Morgan fingerprint density at radius 1 is 1.41 bits per heavy atom. The summed E-state index contributed by atoms with van der Waals surface area (Å²) in [4.78, 5) is 22.6. The van der Waals surface area contributed by atoms with Crippen LogP contribution in [0, 0.1) is 0 Å². The van der Waals surface area contributed by atoms with Crippen molar-refractivity contribution in [2.75, 3.05) is 6.54 Å². The summed E-state index contributed by atoms with van der Waals surface area (Å²) in [6.07, 6.45) is 0.319. The molecule has 0 bridgehead atoms. The topological polar surface area (TPSA) is 89.2 Å². The number of amides is 1. The average molecular weight is 371 g/mol. The lowest BCUT2D eigenvalue weighted by Crippen LogP contribution is -2.29. The van der Waals surface area contributed by atoms with Crippen LogP contribution in [-0.2, 0) is 6.54 Å². The zero-order valence-electron chi connectivity index (χ0n) is 11.2. The van der Waals surface area contributed by atoms with Gasteiger partial charge in [-0.2, -0.15) is 5.10 Å². The number of aromatic nitrogens is 3. The molecular formula is C13H12BrFN4O3. The molecule has 9 heteroatoms. The van der Waals surface area contributed by atoms with Crippen molar-refractivity contribution in [1.29, 1.82) is 0 Å². The quantitative estimate of drug-likeness (QED) is 0.841.